The van der Waals surface area contributed by atoms with Crippen molar-refractivity contribution in [2.75, 3.05) is 6.61 Å². The molecule has 0 saturated heterocycles. The normalized spacial score (nSPS) is 22.0. The summed E-state index contributed by atoms with van der Waals surface area (Å²) < 4.78 is 5.48. The van der Waals surface area contributed by atoms with Gasteiger partial charge in [0.05, 0.1) is 0 Å². The van der Waals surface area contributed by atoms with Gasteiger partial charge in [-0.15, -0.1) is 0 Å². The first-order valence-electron chi connectivity index (χ1n) is 8.29. The predicted octanol–water partition coefficient (Wildman–Crippen LogP) is 2.43. The number of rotatable bonds is 5. The molecule has 126 valence electrons. The van der Waals surface area contributed by atoms with Crippen LogP contribution in [0, 0.1) is 0 Å². The molecule has 3 nitrogen and oxygen atoms in total. The van der Waals surface area contributed by atoms with Crippen LogP contribution in [-0.4, -0.2) is 41.4 Å². The molecule has 23 heavy (non-hydrogen) atoms. The van der Waals surface area contributed by atoms with E-state index in [0.717, 1.165) is 17.3 Å². The first-order valence-corrected chi connectivity index (χ1v) is 13.5. The van der Waals surface area contributed by atoms with Crippen LogP contribution in [0.4, 0.5) is 0 Å². The van der Waals surface area contributed by atoms with E-state index in [2.05, 4.69) is 43.9 Å². The molecule has 1 aliphatic carbocycles. The molecule has 2 rings (SSSR count). The Hall–Kier alpha value is -0.904. The molecule has 0 N–H and O–H groups in total. The van der Waals surface area contributed by atoms with Crippen molar-refractivity contribution in [1.29, 1.82) is 0 Å². The van der Waals surface area contributed by atoms with Crippen molar-refractivity contribution >= 4 is 44.4 Å². The van der Waals surface area contributed by atoms with Gasteiger partial charge in [0.25, 0.3) is 0 Å². The summed E-state index contributed by atoms with van der Waals surface area (Å²) in [5.41, 5.74) is 0. The number of carbonyl (C=O) groups excluding carboxylic acids is 2. The van der Waals surface area contributed by atoms with Crippen molar-refractivity contribution in [1.82, 2.24) is 0 Å². The number of esters is 1. The van der Waals surface area contributed by atoms with Crippen LogP contribution in [0.1, 0.15) is 32.6 Å². The molecule has 0 aliphatic heterocycles. The number of ketones is 1. The second kappa shape index (κ2) is 7.33. The monoisotopic (exact) mass is 398 g/mol. The van der Waals surface area contributed by atoms with Crippen LogP contribution in [0.2, 0.25) is 24.0 Å². The molecule has 0 radical (unpaired) electrons. The number of hydrogen-bond donors (Lipinski definition) is 0. The van der Waals surface area contributed by atoms with Gasteiger partial charge in [0.1, 0.15) is 0 Å². The van der Waals surface area contributed by atoms with Crippen LogP contribution in [-0.2, 0) is 14.3 Å². The Morgan fingerprint density at radius 2 is 1.87 bits per heavy atom. The maximum absolute atomic E-state index is 12.6. The fourth-order valence-corrected chi connectivity index (χ4v) is 6.69. The Bertz CT molecular complexity index is 577. The minimum absolute atomic E-state index is 0.0801. The number of hydrogen-bond acceptors (Lipinski definition) is 3. The van der Waals surface area contributed by atoms with Crippen molar-refractivity contribution in [3.05, 3.63) is 24.3 Å². The second-order valence-corrected chi connectivity index (χ2v) is 15.0. The van der Waals surface area contributed by atoms with Crippen LogP contribution >= 0.6 is 0 Å². The molecule has 0 amide bonds. The van der Waals surface area contributed by atoms with Gasteiger partial charge in [-0.05, 0) is 0 Å². The van der Waals surface area contributed by atoms with Crippen molar-refractivity contribution < 1.29 is 14.3 Å². The zero-order valence-corrected chi connectivity index (χ0v) is 17.2. The SMILES string of the molecule is CCOC(=O)C1([Se]c2ccc([Si](C)(C)C)cc2)CCCCC1=O. The molecular formula is C18H26O3SeSi. The minimum atomic E-state index is -1.33. The van der Waals surface area contributed by atoms with Crippen molar-refractivity contribution in [3.8, 4) is 0 Å². The Morgan fingerprint density at radius 1 is 1.22 bits per heavy atom. The van der Waals surface area contributed by atoms with Crippen LogP contribution in [0.15, 0.2) is 24.3 Å². The number of ether oxygens (including phenoxy) is 1. The summed E-state index contributed by atoms with van der Waals surface area (Å²) in [7, 11) is -1.33. The van der Waals surface area contributed by atoms with Crippen LogP contribution in [0.25, 0.3) is 0 Å². The average Bonchev–Trinajstić information content (AvgIpc) is 2.49. The Balaban J connectivity index is 2.27. The first kappa shape index (κ1) is 18.4. The van der Waals surface area contributed by atoms with Gasteiger partial charge in [0.15, 0.2) is 0 Å². The molecule has 1 unspecified atom stereocenters. The summed E-state index contributed by atoms with van der Waals surface area (Å²) >= 11 is -0.214. The molecule has 1 aromatic carbocycles. The van der Waals surface area contributed by atoms with Crippen molar-refractivity contribution in [2.45, 2.75) is 56.6 Å². The Labute approximate surface area is 146 Å². The molecule has 1 saturated carbocycles. The van der Waals surface area contributed by atoms with Gasteiger partial charge >= 0.3 is 146 Å². The second-order valence-electron chi connectivity index (χ2n) is 7.05. The van der Waals surface area contributed by atoms with Crippen LogP contribution in [0.3, 0.4) is 0 Å². The molecule has 1 aliphatic rings. The van der Waals surface area contributed by atoms with Gasteiger partial charge in [0.2, 0.25) is 0 Å². The molecule has 0 bridgehead atoms. The summed E-state index contributed by atoms with van der Waals surface area (Å²) in [6, 6.07) is 8.57. The molecule has 1 aromatic rings. The summed E-state index contributed by atoms with van der Waals surface area (Å²) in [5.74, 6) is -0.226. The Morgan fingerprint density at radius 3 is 2.39 bits per heavy atom. The van der Waals surface area contributed by atoms with E-state index in [4.69, 9.17) is 4.74 Å². The van der Waals surface area contributed by atoms with Gasteiger partial charge in [-0.3, -0.25) is 0 Å². The molecule has 0 aromatic heterocycles. The van der Waals surface area contributed by atoms with E-state index in [1.54, 1.807) is 6.92 Å². The van der Waals surface area contributed by atoms with Gasteiger partial charge in [0, 0.05) is 0 Å². The average molecular weight is 397 g/mol. The van der Waals surface area contributed by atoms with E-state index in [9.17, 15) is 9.59 Å². The van der Waals surface area contributed by atoms with E-state index >= 15 is 0 Å². The van der Waals surface area contributed by atoms with Gasteiger partial charge in [-0.2, -0.15) is 0 Å². The topological polar surface area (TPSA) is 43.4 Å². The fourth-order valence-electron chi connectivity index (χ4n) is 2.84. The van der Waals surface area contributed by atoms with E-state index in [-0.39, 0.29) is 26.7 Å². The molecule has 1 fully saturated rings. The zero-order chi connectivity index (χ0) is 17.1. The quantitative estimate of drug-likeness (QED) is 0.436. The Kier molecular flexibility index (Phi) is 5.87. The molecule has 0 heterocycles. The summed E-state index contributed by atoms with van der Waals surface area (Å²) in [5, 5.41) is 1.40. The van der Waals surface area contributed by atoms with E-state index in [1.165, 1.54) is 5.19 Å². The molecule has 0 spiro atoms. The van der Waals surface area contributed by atoms with Gasteiger partial charge in [-0.25, -0.2) is 0 Å². The number of carbonyl (C=O) groups is 2. The van der Waals surface area contributed by atoms with E-state index < -0.39 is 12.4 Å². The fraction of sp³-hybridized carbons (Fsp3) is 0.556. The predicted molar refractivity (Wildman–Crippen MR) is 97.6 cm³/mol. The number of benzene rings is 1. The van der Waals surface area contributed by atoms with Crippen LogP contribution in [0.5, 0.6) is 0 Å². The first-order chi connectivity index (χ1) is 10.8. The third kappa shape index (κ3) is 4.14. The van der Waals surface area contributed by atoms with Crippen LogP contribution < -0.4 is 9.65 Å². The maximum atomic E-state index is 12.6. The summed E-state index contributed by atoms with van der Waals surface area (Å²) in [4.78, 5) is 25.1. The van der Waals surface area contributed by atoms with Gasteiger partial charge < -0.3 is 0 Å². The van der Waals surface area contributed by atoms with Crippen molar-refractivity contribution in [2.24, 2.45) is 0 Å². The third-order valence-electron chi connectivity index (χ3n) is 4.25. The van der Waals surface area contributed by atoms with Crippen molar-refractivity contribution in [3.63, 3.8) is 0 Å². The van der Waals surface area contributed by atoms with Gasteiger partial charge in [-0.1, -0.05) is 0 Å². The standard InChI is InChI=1S/C18H26O3SeSi/c1-5-21-17(20)18(13-7-6-8-16(18)19)22-14-9-11-15(12-10-14)23(2,3)4/h9-12H,5-8,13H2,1-4H3. The molecular weight excluding hydrogens is 371 g/mol. The molecule has 5 heteroatoms. The third-order valence-corrected chi connectivity index (χ3v) is 9.37. The molecule has 1 atom stereocenters. The van der Waals surface area contributed by atoms with E-state index in [0.29, 0.717) is 19.4 Å². The summed E-state index contributed by atoms with van der Waals surface area (Å²) in [6.45, 7) is 9.08. The summed E-state index contributed by atoms with van der Waals surface area (Å²) in [6.07, 6.45) is 2.97. The zero-order valence-electron chi connectivity index (χ0n) is 14.5. The number of Topliss-reactive ketones (excluding diaryl/α,β-unsaturated/α-hetero) is 1. The van der Waals surface area contributed by atoms with E-state index in [1.807, 2.05) is 0 Å².